The van der Waals surface area contributed by atoms with E-state index >= 15 is 0 Å². The summed E-state index contributed by atoms with van der Waals surface area (Å²) in [4.78, 5) is 12.6. The molecule has 4 rings (SSSR count). The van der Waals surface area contributed by atoms with Gasteiger partial charge in [-0.3, -0.25) is 9.52 Å². The Morgan fingerprint density at radius 2 is 1.53 bits per heavy atom. The van der Waals surface area contributed by atoms with E-state index in [4.69, 9.17) is 11.6 Å². The minimum Gasteiger partial charge on any atom is -0.506 e. The SMILES string of the molecule is O=C(Nc1ccc(O)c(NS(=O)(=O)C2CC2)c1)c1ccc(-c2ccc(Cl)cc2)cc1. The molecule has 1 saturated carbocycles. The third-order valence-corrected chi connectivity index (χ3v) is 6.90. The number of carbonyl (C=O) groups is 1. The van der Waals surface area contributed by atoms with E-state index < -0.39 is 15.3 Å². The lowest BCUT2D eigenvalue weighted by molar-refractivity contribution is 0.102. The van der Waals surface area contributed by atoms with Gasteiger partial charge in [-0.15, -0.1) is 0 Å². The van der Waals surface area contributed by atoms with Gasteiger partial charge in [-0.2, -0.15) is 0 Å². The molecule has 1 amide bonds. The lowest BCUT2D eigenvalue weighted by Gasteiger charge is -2.12. The molecule has 0 aromatic heterocycles. The van der Waals surface area contributed by atoms with Gasteiger partial charge in [-0.1, -0.05) is 35.9 Å². The molecule has 3 N–H and O–H groups in total. The van der Waals surface area contributed by atoms with Gasteiger partial charge in [0, 0.05) is 16.3 Å². The number of anilines is 2. The van der Waals surface area contributed by atoms with Crippen molar-refractivity contribution in [2.75, 3.05) is 10.0 Å². The Bertz CT molecular complexity index is 1190. The molecular weight excluding hydrogens is 424 g/mol. The predicted octanol–water partition coefficient (Wildman–Crippen LogP) is 4.87. The Balaban J connectivity index is 1.48. The number of carbonyl (C=O) groups excluding carboxylic acids is 1. The highest BCUT2D eigenvalue weighted by Crippen LogP contribution is 2.33. The van der Waals surface area contributed by atoms with Crippen molar-refractivity contribution < 1.29 is 18.3 Å². The fourth-order valence-corrected chi connectivity index (χ4v) is 4.49. The molecule has 1 aliphatic rings. The number of aromatic hydroxyl groups is 1. The average Bonchev–Trinajstić information content (AvgIpc) is 3.57. The summed E-state index contributed by atoms with van der Waals surface area (Å²) < 4.78 is 26.6. The Hall–Kier alpha value is -3.03. The number of benzene rings is 3. The van der Waals surface area contributed by atoms with Crippen molar-refractivity contribution in [3.05, 3.63) is 77.3 Å². The Kier molecular flexibility index (Phi) is 5.40. The number of hydrogen-bond donors (Lipinski definition) is 3. The maximum atomic E-state index is 12.6. The molecule has 0 unspecified atom stereocenters. The molecule has 3 aromatic carbocycles. The molecule has 0 saturated heterocycles. The van der Waals surface area contributed by atoms with Crippen LogP contribution in [0.2, 0.25) is 5.02 Å². The van der Waals surface area contributed by atoms with E-state index in [0.29, 0.717) is 29.1 Å². The molecule has 0 heterocycles. The summed E-state index contributed by atoms with van der Waals surface area (Å²) in [5, 5.41) is 12.9. The van der Waals surface area contributed by atoms with Crippen LogP contribution in [0, 0.1) is 0 Å². The van der Waals surface area contributed by atoms with Crippen molar-refractivity contribution in [2.24, 2.45) is 0 Å². The number of sulfonamides is 1. The number of amides is 1. The number of nitrogens with one attached hydrogen (secondary N) is 2. The first-order valence-corrected chi connectivity index (χ1v) is 11.3. The zero-order valence-electron chi connectivity index (χ0n) is 15.8. The molecule has 3 aromatic rings. The van der Waals surface area contributed by atoms with E-state index in [1.165, 1.54) is 18.2 Å². The second kappa shape index (κ2) is 8.01. The molecule has 0 aliphatic heterocycles. The smallest absolute Gasteiger partial charge is 0.255 e. The number of phenolic OH excluding ortho intramolecular Hbond substituents is 1. The van der Waals surface area contributed by atoms with Gasteiger partial charge in [0.15, 0.2) is 0 Å². The largest absolute Gasteiger partial charge is 0.506 e. The Labute approximate surface area is 179 Å². The number of halogens is 1. The number of hydrogen-bond acceptors (Lipinski definition) is 4. The van der Waals surface area contributed by atoms with Gasteiger partial charge in [-0.25, -0.2) is 8.42 Å². The van der Waals surface area contributed by atoms with Crippen LogP contribution < -0.4 is 10.0 Å². The molecule has 0 spiro atoms. The maximum Gasteiger partial charge on any atom is 0.255 e. The second-order valence-electron chi connectivity index (χ2n) is 7.12. The van der Waals surface area contributed by atoms with Gasteiger partial charge >= 0.3 is 0 Å². The highest BCUT2D eigenvalue weighted by Gasteiger charge is 2.36. The molecule has 154 valence electrons. The molecular formula is C22H19ClN2O4S. The second-order valence-corrected chi connectivity index (χ2v) is 9.51. The van der Waals surface area contributed by atoms with Crippen LogP contribution in [0.25, 0.3) is 11.1 Å². The van der Waals surface area contributed by atoms with E-state index in [1.807, 2.05) is 24.3 Å². The molecule has 0 bridgehead atoms. The molecule has 1 fully saturated rings. The quantitative estimate of drug-likeness (QED) is 0.375. The van der Waals surface area contributed by atoms with Crippen LogP contribution in [-0.4, -0.2) is 24.7 Å². The molecule has 6 nitrogen and oxygen atoms in total. The first kappa shape index (κ1) is 20.3. The summed E-state index contributed by atoms with van der Waals surface area (Å²) in [5.41, 5.74) is 2.79. The fraction of sp³-hybridized carbons (Fsp3) is 0.136. The summed E-state index contributed by atoms with van der Waals surface area (Å²) in [5.74, 6) is -0.552. The fourth-order valence-electron chi connectivity index (χ4n) is 2.97. The molecule has 30 heavy (non-hydrogen) atoms. The normalized spacial score (nSPS) is 13.6. The van der Waals surface area contributed by atoms with Crippen LogP contribution in [0.3, 0.4) is 0 Å². The Morgan fingerprint density at radius 1 is 0.933 bits per heavy atom. The monoisotopic (exact) mass is 442 g/mol. The third-order valence-electron chi connectivity index (χ3n) is 4.79. The lowest BCUT2D eigenvalue weighted by Crippen LogP contribution is -2.18. The summed E-state index contributed by atoms with van der Waals surface area (Å²) in [6.45, 7) is 0. The highest BCUT2D eigenvalue weighted by atomic mass is 35.5. The maximum absolute atomic E-state index is 12.6. The van der Waals surface area contributed by atoms with E-state index in [9.17, 15) is 18.3 Å². The summed E-state index contributed by atoms with van der Waals surface area (Å²) in [6.07, 6.45) is 1.22. The van der Waals surface area contributed by atoms with Crippen LogP contribution in [-0.2, 0) is 10.0 Å². The predicted molar refractivity (Wildman–Crippen MR) is 119 cm³/mol. The zero-order chi connectivity index (χ0) is 21.3. The van der Waals surface area contributed by atoms with Crippen molar-refractivity contribution in [3.8, 4) is 16.9 Å². The minimum absolute atomic E-state index is 0.0396. The van der Waals surface area contributed by atoms with E-state index in [2.05, 4.69) is 10.0 Å². The molecule has 0 atom stereocenters. The lowest BCUT2D eigenvalue weighted by atomic mass is 10.0. The van der Waals surface area contributed by atoms with Gasteiger partial charge < -0.3 is 10.4 Å². The van der Waals surface area contributed by atoms with Gasteiger partial charge in [0.25, 0.3) is 5.91 Å². The van der Waals surface area contributed by atoms with Crippen LogP contribution in [0.1, 0.15) is 23.2 Å². The summed E-state index contributed by atoms with van der Waals surface area (Å²) in [6, 6.07) is 18.7. The number of phenols is 1. The van der Waals surface area contributed by atoms with Gasteiger partial charge in [0.05, 0.1) is 10.9 Å². The third kappa shape index (κ3) is 4.58. The summed E-state index contributed by atoms with van der Waals surface area (Å²) in [7, 11) is -3.52. The van der Waals surface area contributed by atoms with Crippen molar-refractivity contribution in [2.45, 2.75) is 18.1 Å². The topological polar surface area (TPSA) is 95.5 Å². The number of rotatable bonds is 6. The standard InChI is InChI=1S/C22H19ClN2O4S/c23-17-7-5-15(6-8-17)14-1-3-16(4-2-14)22(27)24-18-9-12-21(26)20(13-18)25-30(28,29)19-10-11-19/h1-9,12-13,19,25-26H,10-11H2,(H,24,27). The van der Waals surface area contributed by atoms with E-state index in [-0.39, 0.29) is 17.3 Å². The minimum atomic E-state index is -3.52. The van der Waals surface area contributed by atoms with Gasteiger partial charge in [0.1, 0.15) is 5.75 Å². The first-order valence-electron chi connectivity index (χ1n) is 9.34. The zero-order valence-corrected chi connectivity index (χ0v) is 17.4. The van der Waals surface area contributed by atoms with E-state index in [0.717, 1.165) is 11.1 Å². The van der Waals surface area contributed by atoms with Crippen molar-refractivity contribution >= 4 is 38.9 Å². The van der Waals surface area contributed by atoms with Crippen LogP contribution in [0.5, 0.6) is 5.75 Å². The van der Waals surface area contributed by atoms with Crippen molar-refractivity contribution in [3.63, 3.8) is 0 Å². The van der Waals surface area contributed by atoms with Gasteiger partial charge in [-0.05, 0) is 66.4 Å². The average molecular weight is 443 g/mol. The summed E-state index contributed by atoms with van der Waals surface area (Å²) >= 11 is 5.91. The van der Waals surface area contributed by atoms with Crippen LogP contribution in [0.4, 0.5) is 11.4 Å². The molecule has 0 radical (unpaired) electrons. The molecule has 1 aliphatic carbocycles. The molecule has 8 heteroatoms. The van der Waals surface area contributed by atoms with Gasteiger partial charge in [0.2, 0.25) is 10.0 Å². The first-order chi connectivity index (χ1) is 14.3. The van der Waals surface area contributed by atoms with Crippen LogP contribution >= 0.6 is 11.6 Å². The van der Waals surface area contributed by atoms with E-state index in [1.54, 1.807) is 24.3 Å². The highest BCUT2D eigenvalue weighted by molar-refractivity contribution is 7.93. The van der Waals surface area contributed by atoms with Crippen molar-refractivity contribution in [1.29, 1.82) is 0 Å². The van der Waals surface area contributed by atoms with Crippen molar-refractivity contribution in [1.82, 2.24) is 0 Å². The Morgan fingerprint density at radius 3 is 2.13 bits per heavy atom. The van der Waals surface area contributed by atoms with Crippen LogP contribution in [0.15, 0.2) is 66.7 Å².